The Labute approximate surface area is 463 Å². The van der Waals surface area contributed by atoms with E-state index >= 15 is 0 Å². The molecule has 0 aliphatic carbocycles. The van der Waals surface area contributed by atoms with Crippen LogP contribution in [0.15, 0.2) is 88.7 Å². The number of unbranched alkanes of at least 4 members (excludes halogenated alkanes) is 1. The molecule has 1 unspecified atom stereocenters. The van der Waals surface area contributed by atoms with Crippen LogP contribution in [0.1, 0.15) is 74.3 Å². The standard InChI is InChI=1S/C40H57Cl2N7O6S2.C9H9Cl2N.2C2H6/c1-49-29-36(35-27-32(41)28-38(42)37(35)30-49)31-8-7-11-34(26-31)57-48-17-21-55-25-23-53-19-15-46-40(51)44-13-6-5-12-43-39(50)45-14-18-52-22-24-54-20-16-47-56-33-9-3-2-4-10-33;10-7-3-6-1-2-12-5-8(6)9(11)4-7;2*1-2/h2-4,7-11,26-28,36,47-48H,5-6,12-25,29-30H2,1H3,(H2,43,45,50)(H2,44,46,51);3-4,12H,1-2,5H2;2*1-2H3. The van der Waals surface area contributed by atoms with Crippen molar-refractivity contribution in [2.24, 2.45) is 0 Å². The molecule has 2 aliphatic heterocycles. The average Bonchev–Trinajstić information content (AvgIpc) is 3.40. The van der Waals surface area contributed by atoms with Crippen LogP contribution in [0.2, 0.25) is 20.1 Å². The fraction of sp³-hybridized carbons (Fsp3) is 0.509. The lowest BCUT2D eigenvalue weighted by atomic mass is 9.85. The van der Waals surface area contributed by atoms with Crippen molar-refractivity contribution < 1.29 is 28.5 Å². The van der Waals surface area contributed by atoms with Crippen LogP contribution in [0.4, 0.5) is 9.59 Å². The largest absolute Gasteiger partial charge is 0.378 e. The number of amides is 4. The molecule has 14 nitrogen and oxygen atoms in total. The van der Waals surface area contributed by atoms with Gasteiger partial charge in [0.1, 0.15) is 0 Å². The molecule has 0 spiro atoms. The second-order valence-electron chi connectivity index (χ2n) is 16.1. The zero-order valence-corrected chi connectivity index (χ0v) is 47.8. The van der Waals surface area contributed by atoms with E-state index in [4.69, 9.17) is 65.4 Å². The third kappa shape index (κ3) is 27.0. The van der Waals surface area contributed by atoms with Crippen molar-refractivity contribution >= 4 is 82.4 Å². The van der Waals surface area contributed by atoms with Crippen molar-refractivity contribution in [3.8, 4) is 0 Å². The first kappa shape index (κ1) is 64.2. The minimum Gasteiger partial charge on any atom is -0.378 e. The molecule has 0 saturated heterocycles. The third-order valence-electron chi connectivity index (χ3n) is 10.7. The summed E-state index contributed by atoms with van der Waals surface area (Å²) >= 11 is 28.0. The normalized spacial score (nSPS) is 13.6. The Morgan fingerprint density at radius 1 is 0.603 bits per heavy atom. The predicted octanol–water partition coefficient (Wildman–Crippen LogP) is 10.6. The number of nitrogens with one attached hydrogen (secondary N) is 7. The summed E-state index contributed by atoms with van der Waals surface area (Å²) in [6, 6.07) is 25.8. The number of hydrogen-bond donors (Lipinski definition) is 7. The predicted molar refractivity (Wildman–Crippen MR) is 305 cm³/mol. The number of nitrogens with zero attached hydrogens (tertiary/aromatic N) is 1. The Kier molecular flexibility index (Phi) is 35.4. The quantitative estimate of drug-likeness (QED) is 0.0214. The molecule has 0 radical (unpaired) electrons. The maximum atomic E-state index is 12.0. The van der Waals surface area contributed by atoms with Gasteiger partial charge in [-0.1, -0.05) is 104 Å². The van der Waals surface area contributed by atoms with E-state index in [0.29, 0.717) is 90.6 Å². The summed E-state index contributed by atoms with van der Waals surface area (Å²) in [4.78, 5) is 28.5. The summed E-state index contributed by atoms with van der Waals surface area (Å²) in [5.41, 5.74) is 6.06. The number of rotatable bonds is 28. The fourth-order valence-corrected chi connectivity index (χ4v) is 9.83. The molecule has 1 atom stereocenters. The number of ether oxygens (including phenoxy) is 4. The van der Waals surface area contributed by atoms with Crippen molar-refractivity contribution in [2.45, 2.75) is 75.8 Å². The first-order valence-electron chi connectivity index (χ1n) is 25.3. The van der Waals surface area contributed by atoms with Crippen molar-refractivity contribution in [1.82, 2.24) is 40.9 Å². The van der Waals surface area contributed by atoms with Gasteiger partial charge in [-0.3, -0.25) is 9.44 Å². The Morgan fingerprint density at radius 2 is 1.11 bits per heavy atom. The van der Waals surface area contributed by atoms with Crippen LogP contribution in [-0.4, -0.2) is 129 Å². The molecule has 6 rings (SSSR count). The van der Waals surface area contributed by atoms with E-state index in [1.54, 1.807) is 30.0 Å². The lowest BCUT2D eigenvalue weighted by molar-refractivity contribution is 0.0517. The van der Waals surface area contributed by atoms with Gasteiger partial charge in [0.15, 0.2) is 0 Å². The molecule has 0 saturated carbocycles. The first-order valence-corrected chi connectivity index (χ1v) is 28.4. The van der Waals surface area contributed by atoms with E-state index in [1.165, 1.54) is 22.3 Å². The highest BCUT2D eigenvalue weighted by Gasteiger charge is 2.27. The maximum Gasteiger partial charge on any atom is 0.314 e. The molecular formula is C53H78Cl4N8O6S2. The molecule has 4 aromatic carbocycles. The van der Waals surface area contributed by atoms with Gasteiger partial charge in [0.2, 0.25) is 0 Å². The number of hydrogen-bond acceptors (Lipinski definition) is 12. The molecule has 0 aromatic heterocycles. The molecule has 4 aromatic rings. The number of fused-ring (bicyclic) bond motifs is 2. The van der Waals surface area contributed by atoms with Crippen LogP contribution < -0.4 is 36.0 Å². The first-order chi connectivity index (χ1) is 35.7. The van der Waals surface area contributed by atoms with E-state index < -0.39 is 0 Å². The Bertz CT molecular complexity index is 2140. The lowest BCUT2D eigenvalue weighted by Gasteiger charge is -2.33. The molecule has 73 heavy (non-hydrogen) atoms. The monoisotopic (exact) mass is 1130 g/mol. The van der Waals surface area contributed by atoms with Crippen LogP contribution in [-0.2, 0) is 38.5 Å². The van der Waals surface area contributed by atoms with Crippen LogP contribution in [0.5, 0.6) is 0 Å². The molecule has 20 heteroatoms. The number of likely N-dealkylation sites (N-methyl/N-ethyl adjacent to an activating group) is 1. The third-order valence-corrected chi connectivity index (χ3v) is 13.5. The molecule has 406 valence electrons. The summed E-state index contributed by atoms with van der Waals surface area (Å²) in [7, 11) is 2.12. The summed E-state index contributed by atoms with van der Waals surface area (Å²) in [6.45, 7) is 18.7. The van der Waals surface area contributed by atoms with Gasteiger partial charge in [-0.25, -0.2) is 9.59 Å². The molecule has 2 aliphatic rings. The topological polar surface area (TPSA) is 159 Å². The lowest BCUT2D eigenvalue weighted by Crippen LogP contribution is -2.39. The number of carbonyl (C=O) groups excluding carboxylic acids is 2. The summed E-state index contributed by atoms with van der Waals surface area (Å²) in [6.07, 6.45) is 2.50. The van der Waals surface area contributed by atoms with Gasteiger partial charge in [0.25, 0.3) is 0 Å². The summed E-state index contributed by atoms with van der Waals surface area (Å²) < 4.78 is 28.9. The molecule has 2 heterocycles. The van der Waals surface area contributed by atoms with Crippen molar-refractivity contribution in [2.75, 3.05) is 112 Å². The van der Waals surface area contributed by atoms with Gasteiger partial charge >= 0.3 is 12.1 Å². The van der Waals surface area contributed by atoms with Gasteiger partial charge in [-0.05, 0) is 133 Å². The van der Waals surface area contributed by atoms with Gasteiger partial charge in [0, 0.05) is 94.7 Å². The van der Waals surface area contributed by atoms with E-state index in [0.717, 1.165) is 82.4 Å². The SMILES string of the molecule is CC.CC.CN1Cc2c(Cl)cc(Cl)cc2C(c2cccc(SNCCOCCOCCNC(=O)NCCCCNC(=O)NCCOCCOCCNSc3ccccc3)c2)C1.Clc1cc(Cl)c2c(c1)CCNC2. The smallest absolute Gasteiger partial charge is 0.314 e. The number of halogens is 4. The number of urea groups is 2. The van der Waals surface area contributed by atoms with E-state index in [2.05, 4.69) is 72.2 Å². The van der Waals surface area contributed by atoms with Crippen LogP contribution >= 0.6 is 70.3 Å². The van der Waals surface area contributed by atoms with Crippen LogP contribution in [0, 0.1) is 0 Å². The highest BCUT2D eigenvalue weighted by Crippen LogP contribution is 2.39. The molecule has 4 amide bonds. The highest BCUT2D eigenvalue weighted by molar-refractivity contribution is 7.97. The number of carbonyl (C=O) groups is 2. The summed E-state index contributed by atoms with van der Waals surface area (Å²) in [5, 5.41) is 17.3. The van der Waals surface area contributed by atoms with Crippen molar-refractivity contribution in [3.05, 3.63) is 127 Å². The van der Waals surface area contributed by atoms with Crippen LogP contribution in [0.3, 0.4) is 0 Å². The van der Waals surface area contributed by atoms with Gasteiger partial charge in [-0.15, -0.1) is 0 Å². The zero-order valence-electron chi connectivity index (χ0n) is 43.2. The Hall–Kier alpha value is -3.04. The van der Waals surface area contributed by atoms with Crippen molar-refractivity contribution in [3.63, 3.8) is 0 Å². The fourth-order valence-electron chi connectivity index (χ4n) is 7.32. The molecule has 7 N–H and O–H groups in total. The molecular weight excluding hydrogens is 1050 g/mol. The second kappa shape index (κ2) is 40.2. The van der Waals surface area contributed by atoms with Gasteiger partial charge in [0.05, 0.1) is 52.9 Å². The van der Waals surface area contributed by atoms with Crippen LogP contribution in [0.25, 0.3) is 0 Å². The van der Waals surface area contributed by atoms with E-state index in [1.807, 2.05) is 76.2 Å². The maximum absolute atomic E-state index is 12.0. The highest BCUT2D eigenvalue weighted by atomic mass is 35.5. The molecule has 0 bridgehead atoms. The number of benzene rings is 4. The molecule has 0 fully saturated rings. The summed E-state index contributed by atoms with van der Waals surface area (Å²) in [5.74, 6) is 0.197. The Morgan fingerprint density at radius 3 is 1.70 bits per heavy atom. The average molecular weight is 1130 g/mol. The second-order valence-corrected chi connectivity index (χ2v) is 19.7. The van der Waals surface area contributed by atoms with Gasteiger partial charge < -0.3 is 50.4 Å². The van der Waals surface area contributed by atoms with E-state index in [-0.39, 0.29) is 18.0 Å². The van der Waals surface area contributed by atoms with Crippen molar-refractivity contribution in [1.29, 1.82) is 0 Å². The zero-order chi connectivity index (χ0) is 52.9. The van der Waals surface area contributed by atoms with Gasteiger partial charge in [-0.2, -0.15) is 0 Å². The minimum atomic E-state index is -0.247. The Balaban J connectivity index is 0.000000748. The minimum absolute atomic E-state index is 0.197. The van der Waals surface area contributed by atoms with E-state index in [9.17, 15) is 9.59 Å².